The van der Waals surface area contributed by atoms with Crippen LogP contribution in [0.1, 0.15) is 22.7 Å². The molecule has 2 aromatic rings. The van der Waals surface area contributed by atoms with Gasteiger partial charge in [-0.1, -0.05) is 41.9 Å². The van der Waals surface area contributed by atoms with Gasteiger partial charge in [-0.05, 0) is 37.6 Å². The molecule has 2 aromatic carbocycles. The Labute approximate surface area is 161 Å². The summed E-state index contributed by atoms with van der Waals surface area (Å²) in [7, 11) is 0. The summed E-state index contributed by atoms with van der Waals surface area (Å²) in [5.74, 6) is -1.98. The molecule has 0 aromatic heterocycles. The summed E-state index contributed by atoms with van der Waals surface area (Å²) in [6, 6.07) is 8.27. The van der Waals surface area contributed by atoms with Crippen LogP contribution in [0.4, 0.5) is 14.9 Å². The van der Waals surface area contributed by atoms with Crippen LogP contribution in [0.3, 0.4) is 0 Å². The third-order valence-electron chi connectivity index (χ3n) is 4.50. The number of anilines is 1. The molecule has 3 N–H and O–H groups in total. The number of urea groups is 1. The molecule has 140 valence electrons. The van der Waals surface area contributed by atoms with Gasteiger partial charge in [-0.15, -0.1) is 0 Å². The van der Waals surface area contributed by atoms with Crippen LogP contribution in [0.25, 0.3) is 0 Å². The van der Waals surface area contributed by atoms with Crippen molar-refractivity contribution in [3.8, 4) is 0 Å². The van der Waals surface area contributed by atoms with Gasteiger partial charge in [-0.2, -0.15) is 0 Å². The highest BCUT2D eigenvalue weighted by molar-refractivity contribution is 6.31. The largest absolute Gasteiger partial charge is 0.330 e. The van der Waals surface area contributed by atoms with Crippen molar-refractivity contribution in [3.63, 3.8) is 0 Å². The van der Waals surface area contributed by atoms with Gasteiger partial charge in [0, 0.05) is 22.0 Å². The third-order valence-corrected chi connectivity index (χ3v) is 4.83. The zero-order valence-corrected chi connectivity index (χ0v) is 15.7. The second kappa shape index (κ2) is 7.40. The molecule has 0 bridgehead atoms. The molecule has 1 aliphatic heterocycles. The lowest BCUT2D eigenvalue weighted by atomic mass is 9.87. The maximum atomic E-state index is 14.4. The standard InChI is InChI=1S/C20H19ClFN3O2/c1-10-7-8-15(11(2)9-10)24-19(26)16-12(3)23-20(27)25-18(16)17-13(21)5-4-6-14(17)22/h4-9,16,18H,3H2,1-2H3,(H,24,26)(H2,23,25,27)/t16-,18+/m1/s1. The Kier molecular flexibility index (Phi) is 5.19. The second-order valence-electron chi connectivity index (χ2n) is 6.52. The van der Waals surface area contributed by atoms with Crippen molar-refractivity contribution < 1.29 is 14.0 Å². The predicted molar refractivity (Wildman–Crippen MR) is 103 cm³/mol. The van der Waals surface area contributed by atoms with Gasteiger partial charge in [0.25, 0.3) is 0 Å². The van der Waals surface area contributed by atoms with E-state index in [9.17, 15) is 14.0 Å². The Balaban J connectivity index is 1.97. The van der Waals surface area contributed by atoms with E-state index in [-0.39, 0.29) is 16.3 Å². The van der Waals surface area contributed by atoms with Gasteiger partial charge in [-0.25, -0.2) is 9.18 Å². The number of rotatable bonds is 3. The Morgan fingerprint density at radius 1 is 1.26 bits per heavy atom. The molecule has 0 saturated carbocycles. The van der Waals surface area contributed by atoms with Crippen molar-refractivity contribution in [1.29, 1.82) is 0 Å². The molecule has 1 aliphatic rings. The minimum absolute atomic E-state index is 0.0518. The summed E-state index contributed by atoms with van der Waals surface area (Å²) in [4.78, 5) is 24.9. The van der Waals surface area contributed by atoms with Crippen LogP contribution >= 0.6 is 11.6 Å². The van der Waals surface area contributed by atoms with E-state index in [4.69, 9.17) is 11.6 Å². The number of hydrogen-bond acceptors (Lipinski definition) is 2. The van der Waals surface area contributed by atoms with Crippen LogP contribution in [-0.2, 0) is 4.79 Å². The van der Waals surface area contributed by atoms with E-state index in [0.29, 0.717) is 5.69 Å². The van der Waals surface area contributed by atoms with Crippen molar-refractivity contribution in [3.05, 3.63) is 76.2 Å². The number of nitrogens with one attached hydrogen (secondary N) is 3. The van der Waals surface area contributed by atoms with Crippen molar-refractivity contribution in [1.82, 2.24) is 10.6 Å². The fourth-order valence-corrected chi connectivity index (χ4v) is 3.49. The summed E-state index contributed by atoms with van der Waals surface area (Å²) in [5, 5.41) is 8.04. The van der Waals surface area contributed by atoms with Crippen LogP contribution < -0.4 is 16.0 Å². The first-order valence-electron chi connectivity index (χ1n) is 8.36. The minimum atomic E-state index is -0.981. The van der Waals surface area contributed by atoms with Crippen molar-refractivity contribution in [2.75, 3.05) is 5.32 Å². The summed E-state index contributed by atoms with van der Waals surface area (Å²) in [5.41, 5.74) is 2.81. The van der Waals surface area contributed by atoms with E-state index in [0.717, 1.165) is 11.1 Å². The highest BCUT2D eigenvalue weighted by Gasteiger charge is 2.40. The van der Waals surface area contributed by atoms with Crippen LogP contribution in [0, 0.1) is 25.6 Å². The van der Waals surface area contributed by atoms with E-state index in [1.54, 1.807) is 6.07 Å². The van der Waals surface area contributed by atoms with E-state index in [1.807, 2.05) is 26.0 Å². The van der Waals surface area contributed by atoms with E-state index in [2.05, 4.69) is 22.5 Å². The molecule has 1 heterocycles. The summed E-state index contributed by atoms with van der Waals surface area (Å²) in [6.07, 6.45) is 0. The normalized spacial score (nSPS) is 19.3. The maximum Gasteiger partial charge on any atom is 0.319 e. The van der Waals surface area contributed by atoms with Crippen LogP contribution in [0.2, 0.25) is 5.02 Å². The molecule has 5 nitrogen and oxygen atoms in total. The molecular formula is C20H19ClFN3O2. The summed E-state index contributed by atoms with van der Waals surface area (Å²) < 4.78 is 14.4. The van der Waals surface area contributed by atoms with Gasteiger partial charge in [0.1, 0.15) is 11.7 Å². The van der Waals surface area contributed by atoms with Gasteiger partial charge in [0.2, 0.25) is 5.91 Å². The molecule has 0 unspecified atom stereocenters. The number of aryl methyl sites for hydroxylation is 2. The van der Waals surface area contributed by atoms with Crippen molar-refractivity contribution in [2.24, 2.45) is 5.92 Å². The SMILES string of the molecule is C=C1NC(=O)N[C@H](c2c(F)cccc2Cl)[C@@H]1C(=O)Nc1ccc(C)cc1C. The van der Waals surface area contributed by atoms with Gasteiger partial charge >= 0.3 is 6.03 Å². The molecule has 0 aliphatic carbocycles. The maximum absolute atomic E-state index is 14.4. The molecule has 2 atom stereocenters. The highest BCUT2D eigenvalue weighted by atomic mass is 35.5. The van der Waals surface area contributed by atoms with E-state index >= 15 is 0 Å². The number of hydrogen-bond donors (Lipinski definition) is 3. The third kappa shape index (κ3) is 3.80. The number of carbonyl (C=O) groups is 2. The summed E-state index contributed by atoms with van der Waals surface area (Å²) in [6.45, 7) is 7.62. The van der Waals surface area contributed by atoms with Crippen molar-refractivity contribution in [2.45, 2.75) is 19.9 Å². The van der Waals surface area contributed by atoms with Gasteiger partial charge in [0.15, 0.2) is 0 Å². The van der Waals surface area contributed by atoms with Crippen LogP contribution in [0.5, 0.6) is 0 Å². The van der Waals surface area contributed by atoms with E-state index < -0.39 is 29.7 Å². The van der Waals surface area contributed by atoms with Gasteiger partial charge in [0.05, 0.1) is 6.04 Å². The smallest absolute Gasteiger partial charge is 0.319 e. The first kappa shape index (κ1) is 18.9. The second-order valence-corrected chi connectivity index (χ2v) is 6.93. The lowest BCUT2D eigenvalue weighted by Gasteiger charge is -2.34. The van der Waals surface area contributed by atoms with Crippen LogP contribution in [-0.4, -0.2) is 11.9 Å². The average Bonchev–Trinajstić information content (AvgIpc) is 2.56. The molecule has 0 spiro atoms. The fourth-order valence-electron chi connectivity index (χ4n) is 3.21. The Hall–Kier alpha value is -2.86. The predicted octanol–water partition coefficient (Wildman–Crippen LogP) is 4.22. The molecule has 3 amide bonds. The Morgan fingerprint density at radius 3 is 2.67 bits per heavy atom. The van der Waals surface area contributed by atoms with Gasteiger partial charge in [-0.3, -0.25) is 4.79 Å². The zero-order valence-electron chi connectivity index (χ0n) is 14.9. The monoisotopic (exact) mass is 387 g/mol. The Morgan fingerprint density at radius 2 is 2.00 bits per heavy atom. The lowest BCUT2D eigenvalue weighted by molar-refractivity contribution is -0.119. The molecular weight excluding hydrogens is 369 g/mol. The molecule has 1 fully saturated rings. The first-order valence-corrected chi connectivity index (χ1v) is 8.74. The number of amides is 3. The number of benzene rings is 2. The first-order chi connectivity index (χ1) is 12.8. The quantitative estimate of drug-likeness (QED) is 0.738. The fraction of sp³-hybridized carbons (Fsp3) is 0.200. The zero-order chi connectivity index (χ0) is 19.7. The number of carbonyl (C=O) groups excluding carboxylic acids is 2. The lowest BCUT2D eigenvalue weighted by Crippen LogP contribution is -2.52. The minimum Gasteiger partial charge on any atom is -0.330 e. The van der Waals surface area contributed by atoms with E-state index in [1.165, 1.54) is 18.2 Å². The highest BCUT2D eigenvalue weighted by Crippen LogP contribution is 2.36. The topological polar surface area (TPSA) is 70.2 Å². The van der Waals surface area contributed by atoms with Crippen molar-refractivity contribution >= 4 is 29.2 Å². The average molecular weight is 388 g/mol. The van der Waals surface area contributed by atoms with Crippen LogP contribution in [0.15, 0.2) is 48.7 Å². The number of halogens is 2. The molecule has 27 heavy (non-hydrogen) atoms. The molecule has 1 saturated heterocycles. The molecule has 0 radical (unpaired) electrons. The molecule has 3 rings (SSSR count). The summed E-state index contributed by atoms with van der Waals surface area (Å²) >= 11 is 6.16. The Bertz CT molecular complexity index is 925. The van der Waals surface area contributed by atoms with Gasteiger partial charge < -0.3 is 16.0 Å². The molecule has 7 heteroatoms.